The Bertz CT molecular complexity index is 298. The molecule has 0 aliphatic rings. The van der Waals surface area contributed by atoms with Crippen LogP contribution in [0.5, 0.6) is 0 Å². The zero-order chi connectivity index (χ0) is 13.5. The van der Waals surface area contributed by atoms with Gasteiger partial charge in [0.15, 0.2) is 0 Å². The van der Waals surface area contributed by atoms with Gasteiger partial charge in [-0.05, 0) is 32.1 Å². The Kier molecular flexibility index (Phi) is 12.3. The van der Waals surface area contributed by atoms with Crippen LogP contribution in [0.25, 0.3) is 0 Å². The number of aliphatic carboxylic acids is 1. The SMILES string of the molecule is C=CC=CCC=CCC=CCCCCCC(=O)O. The summed E-state index contributed by atoms with van der Waals surface area (Å²) in [6, 6.07) is 0. The van der Waals surface area contributed by atoms with Crippen molar-refractivity contribution in [3.63, 3.8) is 0 Å². The molecule has 0 aromatic carbocycles. The van der Waals surface area contributed by atoms with E-state index in [9.17, 15) is 4.79 Å². The van der Waals surface area contributed by atoms with E-state index in [0.29, 0.717) is 6.42 Å². The Morgan fingerprint density at radius 3 is 2.28 bits per heavy atom. The van der Waals surface area contributed by atoms with E-state index in [2.05, 4.69) is 37.0 Å². The number of allylic oxidation sites excluding steroid dienone is 7. The Balaban J connectivity index is 3.30. The second kappa shape index (κ2) is 13.5. The molecule has 0 saturated heterocycles. The van der Waals surface area contributed by atoms with Gasteiger partial charge in [-0.2, -0.15) is 0 Å². The van der Waals surface area contributed by atoms with Gasteiger partial charge in [0.1, 0.15) is 0 Å². The number of unbranched alkanes of at least 4 members (excludes halogenated alkanes) is 3. The predicted molar refractivity (Wildman–Crippen MR) is 77.6 cm³/mol. The third-order valence-corrected chi connectivity index (χ3v) is 2.41. The van der Waals surface area contributed by atoms with Gasteiger partial charge >= 0.3 is 5.97 Å². The van der Waals surface area contributed by atoms with Gasteiger partial charge < -0.3 is 5.11 Å². The van der Waals surface area contributed by atoms with Crippen molar-refractivity contribution in [2.45, 2.75) is 44.9 Å². The highest BCUT2D eigenvalue weighted by atomic mass is 16.4. The molecule has 0 heterocycles. The van der Waals surface area contributed by atoms with E-state index < -0.39 is 5.97 Å². The maximum absolute atomic E-state index is 10.3. The molecule has 0 bridgehead atoms. The average molecular weight is 248 g/mol. The second-order valence-corrected chi connectivity index (χ2v) is 4.07. The van der Waals surface area contributed by atoms with E-state index in [1.807, 2.05) is 6.08 Å². The fraction of sp³-hybridized carbons (Fsp3) is 0.438. The van der Waals surface area contributed by atoms with Gasteiger partial charge in [0, 0.05) is 6.42 Å². The van der Waals surface area contributed by atoms with Gasteiger partial charge in [-0.3, -0.25) is 4.79 Å². The molecule has 100 valence electrons. The highest BCUT2D eigenvalue weighted by molar-refractivity contribution is 5.66. The highest BCUT2D eigenvalue weighted by Crippen LogP contribution is 2.04. The van der Waals surface area contributed by atoms with Crippen molar-refractivity contribution < 1.29 is 9.90 Å². The molecule has 0 aromatic heterocycles. The minimum Gasteiger partial charge on any atom is -0.481 e. The van der Waals surface area contributed by atoms with Crippen molar-refractivity contribution in [1.29, 1.82) is 0 Å². The maximum Gasteiger partial charge on any atom is 0.303 e. The van der Waals surface area contributed by atoms with Crippen molar-refractivity contribution in [2.75, 3.05) is 0 Å². The first-order valence-corrected chi connectivity index (χ1v) is 6.56. The van der Waals surface area contributed by atoms with Crippen LogP contribution in [0.2, 0.25) is 0 Å². The van der Waals surface area contributed by atoms with Gasteiger partial charge in [-0.1, -0.05) is 55.5 Å². The van der Waals surface area contributed by atoms with Crippen molar-refractivity contribution in [1.82, 2.24) is 0 Å². The minimum atomic E-state index is -0.693. The quantitative estimate of drug-likeness (QED) is 0.328. The summed E-state index contributed by atoms with van der Waals surface area (Å²) in [4.78, 5) is 10.3. The first kappa shape index (κ1) is 16.4. The lowest BCUT2D eigenvalue weighted by atomic mass is 10.1. The normalized spacial score (nSPS) is 11.8. The first-order valence-electron chi connectivity index (χ1n) is 6.56. The predicted octanol–water partition coefficient (Wildman–Crippen LogP) is 4.66. The summed E-state index contributed by atoms with van der Waals surface area (Å²) in [7, 11) is 0. The van der Waals surface area contributed by atoms with Crippen LogP contribution < -0.4 is 0 Å². The molecule has 0 fully saturated rings. The largest absolute Gasteiger partial charge is 0.481 e. The monoisotopic (exact) mass is 248 g/mol. The lowest BCUT2D eigenvalue weighted by Gasteiger charge is -1.94. The summed E-state index contributed by atoms with van der Waals surface area (Å²) in [5.74, 6) is -0.693. The van der Waals surface area contributed by atoms with Crippen LogP contribution in [-0.4, -0.2) is 11.1 Å². The zero-order valence-electron chi connectivity index (χ0n) is 11.1. The van der Waals surface area contributed by atoms with Crippen LogP contribution >= 0.6 is 0 Å². The molecule has 18 heavy (non-hydrogen) atoms. The van der Waals surface area contributed by atoms with E-state index in [0.717, 1.165) is 38.5 Å². The van der Waals surface area contributed by atoms with E-state index in [4.69, 9.17) is 5.11 Å². The minimum absolute atomic E-state index is 0.296. The van der Waals surface area contributed by atoms with Crippen LogP contribution in [0.4, 0.5) is 0 Å². The smallest absolute Gasteiger partial charge is 0.303 e. The fourth-order valence-corrected chi connectivity index (χ4v) is 1.45. The first-order chi connectivity index (χ1) is 8.77. The van der Waals surface area contributed by atoms with E-state index >= 15 is 0 Å². The molecular formula is C16H24O2. The summed E-state index contributed by atoms with van der Waals surface area (Å²) in [5, 5.41) is 8.46. The van der Waals surface area contributed by atoms with E-state index in [1.165, 1.54) is 0 Å². The molecule has 0 atom stereocenters. The fourth-order valence-electron chi connectivity index (χ4n) is 1.45. The van der Waals surface area contributed by atoms with Crippen LogP contribution in [0.15, 0.2) is 49.1 Å². The Hall–Kier alpha value is -1.57. The van der Waals surface area contributed by atoms with Crippen LogP contribution in [0, 0.1) is 0 Å². The van der Waals surface area contributed by atoms with Gasteiger partial charge in [-0.15, -0.1) is 0 Å². The molecule has 2 nitrogen and oxygen atoms in total. The van der Waals surface area contributed by atoms with Crippen LogP contribution in [0.1, 0.15) is 44.9 Å². The standard InChI is InChI=1S/C16H24O2/c1-2-3-4-5-6-7-8-9-10-11-12-13-14-15-16(17)18/h2-4,6-7,9-10H,1,5,8,11-15H2,(H,17,18). The molecule has 2 heteroatoms. The summed E-state index contributed by atoms with van der Waals surface area (Å²) < 4.78 is 0. The third kappa shape index (κ3) is 14.4. The highest BCUT2D eigenvalue weighted by Gasteiger charge is 1.94. The number of hydrogen-bond acceptors (Lipinski definition) is 1. The van der Waals surface area contributed by atoms with E-state index in [1.54, 1.807) is 6.08 Å². The number of carbonyl (C=O) groups is 1. The molecule has 0 radical (unpaired) electrons. The molecular weight excluding hydrogens is 224 g/mol. The van der Waals surface area contributed by atoms with Crippen molar-refractivity contribution in [3.05, 3.63) is 49.1 Å². The molecule has 0 aliphatic heterocycles. The molecule has 0 aromatic rings. The second-order valence-electron chi connectivity index (χ2n) is 4.07. The molecule has 0 saturated carbocycles. The molecule has 0 aliphatic carbocycles. The van der Waals surface area contributed by atoms with Gasteiger partial charge in [-0.25, -0.2) is 0 Å². The van der Waals surface area contributed by atoms with Gasteiger partial charge in [0.2, 0.25) is 0 Å². The van der Waals surface area contributed by atoms with Gasteiger partial charge in [0.25, 0.3) is 0 Å². The average Bonchev–Trinajstić information content (AvgIpc) is 2.34. The molecule has 0 rings (SSSR count). The number of hydrogen-bond donors (Lipinski definition) is 1. The lowest BCUT2D eigenvalue weighted by Crippen LogP contribution is -1.93. The summed E-state index contributed by atoms with van der Waals surface area (Å²) in [5.41, 5.74) is 0. The third-order valence-electron chi connectivity index (χ3n) is 2.41. The Morgan fingerprint density at radius 1 is 0.944 bits per heavy atom. The van der Waals surface area contributed by atoms with Crippen LogP contribution in [0.3, 0.4) is 0 Å². The zero-order valence-corrected chi connectivity index (χ0v) is 11.1. The molecule has 0 unspecified atom stereocenters. The lowest BCUT2D eigenvalue weighted by molar-refractivity contribution is -0.137. The number of carboxylic acids is 1. The Morgan fingerprint density at radius 2 is 1.61 bits per heavy atom. The number of rotatable bonds is 11. The number of carboxylic acid groups (broad SMARTS) is 1. The van der Waals surface area contributed by atoms with E-state index in [-0.39, 0.29) is 0 Å². The Labute approximate surface area is 110 Å². The summed E-state index contributed by atoms with van der Waals surface area (Å²) >= 11 is 0. The van der Waals surface area contributed by atoms with Crippen molar-refractivity contribution >= 4 is 5.97 Å². The van der Waals surface area contributed by atoms with Crippen LogP contribution in [-0.2, 0) is 4.79 Å². The summed E-state index contributed by atoms with van der Waals surface area (Å²) in [6.07, 6.45) is 20.5. The topological polar surface area (TPSA) is 37.3 Å². The van der Waals surface area contributed by atoms with Crippen molar-refractivity contribution in [3.8, 4) is 0 Å². The molecule has 1 N–H and O–H groups in total. The molecule has 0 spiro atoms. The van der Waals surface area contributed by atoms with Gasteiger partial charge in [0.05, 0.1) is 0 Å². The summed E-state index contributed by atoms with van der Waals surface area (Å²) in [6.45, 7) is 3.60. The maximum atomic E-state index is 10.3. The molecule has 0 amide bonds. The van der Waals surface area contributed by atoms with Crippen molar-refractivity contribution in [2.24, 2.45) is 0 Å².